The normalized spacial score (nSPS) is 10.3. The molecule has 0 saturated carbocycles. The number of nitrogens with one attached hydrogen (secondary N) is 2. The van der Waals surface area contributed by atoms with Gasteiger partial charge in [-0.25, -0.2) is 0 Å². The Labute approximate surface area is 174 Å². The topological polar surface area (TPSA) is 58.2 Å². The minimum atomic E-state index is -0.289. The first kappa shape index (κ1) is 19.3. The maximum Gasteiger partial charge on any atom is 0.257 e. The van der Waals surface area contributed by atoms with Gasteiger partial charge in [-0.15, -0.1) is 0 Å². The Morgan fingerprint density at radius 1 is 0.741 bits per heavy atom. The minimum absolute atomic E-state index is 0.288. The largest absolute Gasteiger partial charge is 0.322 e. The summed E-state index contributed by atoms with van der Waals surface area (Å²) in [5.41, 5.74) is 2.99. The van der Waals surface area contributed by atoms with E-state index in [1.54, 1.807) is 42.5 Å². The van der Waals surface area contributed by atoms with Crippen molar-refractivity contribution >= 4 is 55.0 Å². The average Bonchev–Trinajstić information content (AvgIpc) is 2.64. The number of carbonyl (C=O) groups excluding carboxylic acids is 2. The molecule has 2 amide bonds. The SMILES string of the molecule is Cc1cc(Br)ccc1NC(=O)c1ccccc1NC(=O)c1ccccc1Br. The van der Waals surface area contributed by atoms with Gasteiger partial charge in [0.25, 0.3) is 11.8 Å². The molecule has 0 saturated heterocycles. The minimum Gasteiger partial charge on any atom is -0.322 e. The zero-order valence-corrected chi connectivity index (χ0v) is 17.6. The Morgan fingerprint density at radius 2 is 1.33 bits per heavy atom. The Morgan fingerprint density at radius 3 is 2.04 bits per heavy atom. The number of benzene rings is 3. The van der Waals surface area contributed by atoms with Crippen molar-refractivity contribution in [3.8, 4) is 0 Å². The van der Waals surface area contributed by atoms with Crippen LogP contribution in [-0.2, 0) is 0 Å². The van der Waals surface area contributed by atoms with Crippen LogP contribution in [0.5, 0.6) is 0 Å². The number of anilines is 2. The Kier molecular flexibility index (Phi) is 6.08. The van der Waals surface area contributed by atoms with Gasteiger partial charge in [0.1, 0.15) is 0 Å². The molecule has 4 nitrogen and oxygen atoms in total. The Bertz CT molecular complexity index is 1020. The molecule has 3 rings (SSSR count). The van der Waals surface area contributed by atoms with Crippen molar-refractivity contribution in [2.24, 2.45) is 0 Å². The van der Waals surface area contributed by atoms with Crippen LogP contribution in [0.2, 0.25) is 0 Å². The molecule has 136 valence electrons. The summed E-state index contributed by atoms with van der Waals surface area (Å²) in [7, 11) is 0. The molecule has 0 bridgehead atoms. The molecule has 0 aromatic heterocycles. The third kappa shape index (κ3) is 4.64. The lowest BCUT2D eigenvalue weighted by Crippen LogP contribution is -2.18. The number of rotatable bonds is 4. The summed E-state index contributed by atoms with van der Waals surface area (Å²) in [6, 6.07) is 19.7. The molecule has 6 heteroatoms. The van der Waals surface area contributed by atoms with Crippen molar-refractivity contribution in [2.75, 3.05) is 10.6 Å². The van der Waals surface area contributed by atoms with Gasteiger partial charge < -0.3 is 10.6 Å². The summed E-state index contributed by atoms with van der Waals surface area (Å²) in [5.74, 6) is -0.578. The molecule has 0 aliphatic carbocycles. The number of halogens is 2. The van der Waals surface area contributed by atoms with Gasteiger partial charge in [-0.2, -0.15) is 0 Å². The fourth-order valence-electron chi connectivity index (χ4n) is 2.58. The van der Waals surface area contributed by atoms with Gasteiger partial charge in [0.15, 0.2) is 0 Å². The first-order chi connectivity index (χ1) is 13.0. The van der Waals surface area contributed by atoms with E-state index in [0.29, 0.717) is 21.3 Å². The van der Waals surface area contributed by atoms with Crippen LogP contribution in [0.1, 0.15) is 26.3 Å². The lowest BCUT2D eigenvalue weighted by atomic mass is 10.1. The van der Waals surface area contributed by atoms with E-state index in [1.807, 2.05) is 31.2 Å². The summed E-state index contributed by atoms with van der Waals surface area (Å²) in [6.45, 7) is 1.92. The van der Waals surface area contributed by atoms with Gasteiger partial charge >= 0.3 is 0 Å². The molecule has 0 heterocycles. The quantitative estimate of drug-likeness (QED) is 0.472. The third-order valence-corrected chi connectivity index (χ3v) is 5.16. The molecule has 3 aromatic rings. The Balaban J connectivity index is 1.84. The molecule has 0 unspecified atom stereocenters. The van der Waals surface area contributed by atoms with Crippen molar-refractivity contribution < 1.29 is 9.59 Å². The van der Waals surface area contributed by atoms with Gasteiger partial charge in [-0.1, -0.05) is 40.2 Å². The second kappa shape index (κ2) is 8.50. The van der Waals surface area contributed by atoms with Gasteiger partial charge in [0, 0.05) is 14.6 Å². The van der Waals surface area contributed by atoms with Crippen LogP contribution in [0, 0.1) is 6.92 Å². The van der Waals surface area contributed by atoms with Gasteiger partial charge in [-0.3, -0.25) is 9.59 Å². The van der Waals surface area contributed by atoms with E-state index in [0.717, 1.165) is 15.7 Å². The van der Waals surface area contributed by atoms with Crippen LogP contribution in [0.4, 0.5) is 11.4 Å². The number of amides is 2. The lowest BCUT2D eigenvalue weighted by molar-refractivity contribution is 0.102. The smallest absolute Gasteiger partial charge is 0.257 e. The van der Waals surface area contributed by atoms with Gasteiger partial charge in [0.05, 0.1) is 16.8 Å². The zero-order valence-electron chi connectivity index (χ0n) is 14.4. The Hall–Kier alpha value is -2.44. The lowest BCUT2D eigenvalue weighted by Gasteiger charge is -2.13. The van der Waals surface area contributed by atoms with Crippen molar-refractivity contribution in [1.29, 1.82) is 0 Å². The number of carbonyl (C=O) groups is 2. The number of hydrogen-bond donors (Lipinski definition) is 2. The van der Waals surface area contributed by atoms with Crippen molar-refractivity contribution in [3.05, 3.63) is 92.4 Å². The predicted molar refractivity (Wildman–Crippen MR) is 115 cm³/mol. The highest BCUT2D eigenvalue weighted by Crippen LogP contribution is 2.23. The molecule has 27 heavy (non-hydrogen) atoms. The first-order valence-corrected chi connectivity index (χ1v) is 9.76. The molecule has 0 spiro atoms. The standard InChI is InChI=1S/C21H16Br2N2O2/c1-13-12-14(22)10-11-18(13)24-21(27)16-7-3-5-9-19(16)25-20(26)15-6-2-4-8-17(15)23/h2-12H,1H3,(H,24,27)(H,25,26). The highest BCUT2D eigenvalue weighted by atomic mass is 79.9. The average molecular weight is 488 g/mol. The van der Waals surface area contributed by atoms with E-state index in [1.165, 1.54) is 0 Å². The number of hydrogen-bond acceptors (Lipinski definition) is 2. The third-order valence-electron chi connectivity index (χ3n) is 3.98. The predicted octanol–water partition coefficient (Wildman–Crippen LogP) is 6.02. The second-order valence-corrected chi connectivity index (χ2v) is 7.66. The van der Waals surface area contributed by atoms with E-state index >= 15 is 0 Å². The van der Waals surface area contributed by atoms with Crippen LogP contribution < -0.4 is 10.6 Å². The second-order valence-electron chi connectivity index (χ2n) is 5.89. The van der Waals surface area contributed by atoms with Crippen molar-refractivity contribution in [1.82, 2.24) is 0 Å². The summed E-state index contributed by atoms with van der Waals surface area (Å²) >= 11 is 6.78. The fourth-order valence-corrected chi connectivity index (χ4v) is 3.52. The molecular formula is C21H16Br2N2O2. The van der Waals surface area contributed by atoms with Gasteiger partial charge in [-0.05, 0) is 70.9 Å². The molecule has 0 radical (unpaired) electrons. The monoisotopic (exact) mass is 486 g/mol. The molecule has 0 atom stereocenters. The fraction of sp³-hybridized carbons (Fsp3) is 0.0476. The zero-order chi connectivity index (χ0) is 19.4. The summed E-state index contributed by atoms with van der Waals surface area (Å²) < 4.78 is 1.63. The molecule has 0 aliphatic heterocycles. The molecule has 3 aromatic carbocycles. The highest BCUT2D eigenvalue weighted by Gasteiger charge is 2.16. The molecule has 0 aliphatic rings. The summed E-state index contributed by atoms with van der Waals surface area (Å²) in [4.78, 5) is 25.4. The molecule has 2 N–H and O–H groups in total. The van der Waals surface area contributed by atoms with E-state index in [9.17, 15) is 9.59 Å². The van der Waals surface area contributed by atoms with E-state index in [4.69, 9.17) is 0 Å². The molecule has 0 fully saturated rings. The van der Waals surface area contributed by atoms with Crippen LogP contribution in [-0.4, -0.2) is 11.8 Å². The number of aryl methyl sites for hydroxylation is 1. The van der Waals surface area contributed by atoms with Crippen LogP contribution in [0.3, 0.4) is 0 Å². The van der Waals surface area contributed by atoms with E-state index in [2.05, 4.69) is 42.5 Å². The maximum absolute atomic E-state index is 12.8. The van der Waals surface area contributed by atoms with Crippen LogP contribution in [0.25, 0.3) is 0 Å². The van der Waals surface area contributed by atoms with Gasteiger partial charge in [0.2, 0.25) is 0 Å². The first-order valence-electron chi connectivity index (χ1n) is 8.18. The maximum atomic E-state index is 12.8. The van der Waals surface area contributed by atoms with Crippen LogP contribution >= 0.6 is 31.9 Å². The van der Waals surface area contributed by atoms with Crippen molar-refractivity contribution in [2.45, 2.75) is 6.92 Å². The van der Waals surface area contributed by atoms with Crippen molar-refractivity contribution in [3.63, 3.8) is 0 Å². The molecular weight excluding hydrogens is 472 g/mol. The summed E-state index contributed by atoms with van der Waals surface area (Å²) in [6.07, 6.45) is 0. The van der Waals surface area contributed by atoms with E-state index < -0.39 is 0 Å². The van der Waals surface area contributed by atoms with E-state index in [-0.39, 0.29) is 11.8 Å². The van der Waals surface area contributed by atoms with Crippen LogP contribution in [0.15, 0.2) is 75.7 Å². The summed E-state index contributed by atoms with van der Waals surface area (Å²) in [5, 5.41) is 5.72. The highest BCUT2D eigenvalue weighted by molar-refractivity contribution is 9.10. The number of para-hydroxylation sites is 1.